The van der Waals surface area contributed by atoms with Gasteiger partial charge in [0, 0.05) is 12.5 Å². The molecule has 0 saturated heterocycles. The minimum atomic E-state index is -0.754. The summed E-state index contributed by atoms with van der Waals surface area (Å²) in [6.45, 7) is 6.85. The largest absolute Gasteiger partial charge is 0.437 e. The Kier molecular flexibility index (Phi) is 7.35. The van der Waals surface area contributed by atoms with Crippen LogP contribution in [0.3, 0.4) is 0 Å². The maximum atomic E-state index is 12.9. The highest BCUT2D eigenvalue weighted by Gasteiger charge is 2.33. The monoisotopic (exact) mass is 380 g/mol. The first-order valence-electron chi connectivity index (χ1n) is 9.78. The summed E-state index contributed by atoms with van der Waals surface area (Å²) in [5.41, 5.74) is -0.185. The molecule has 0 radical (unpaired) electrons. The van der Waals surface area contributed by atoms with E-state index in [1.165, 1.54) is 0 Å². The van der Waals surface area contributed by atoms with Crippen molar-refractivity contribution in [1.29, 1.82) is 0 Å². The fourth-order valence-electron chi connectivity index (χ4n) is 3.39. The van der Waals surface area contributed by atoms with Crippen molar-refractivity contribution in [2.24, 2.45) is 11.3 Å². The van der Waals surface area contributed by atoms with E-state index in [4.69, 9.17) is 4.42 Å². The van der Waals surface area contributed by atoms with Crippen LogP contribution in [0.15, 0.2) is 9.21 Å². The van der Waals surface area contributed by atoms with Gasteiger partial charge in [-0.3, -0.25) is 9.59 Å². The Morgan fingerprint density at radius 3 is 2.52 bits per heavy atom. The van der Waals surface area contributed by atoms with E-state index in [1.54, 1.807) is 7.05 Å². The van der Waals surface area contributed by atoms with Crippen molar-refractivity contribution in [2.45, 2.75) is 71.9 Å². The van der Waals surface area contributed by atoms with Crippen molar-refractivity contribution in [3.63, 3.8) is 0 Å². The molecule has 1 amide bonds. The van der Waals surface area contributed by atoms with Crippen molar-refractivity contribution < 1.29 is 14.0 Å². The molecule has 1 aliphatic rings. The van der Waals surface area contributed by atoms with E-state index in [2.05, 4.69) is 15.7 Å². The normalized spacial score (nSPS) is 16.9. The molecule has 1 heterocycles. The van der Waals surface area contributed by atoms with Crippen LogP contribution in [0.25, 0.3) is 0 Å². The van der Waals surface area contributed by atoms with Gasteiger partial charge >= 0.3 is 5.76 Å². The van der Waals surface area contributed by atoms with Crippen LogP contribution in [-0.2, 0) is 11.3 Å². The van der Waals surface area contributed by atoms with E-state index in [0.717, 1.165) is 36.8 Å². The topological polar surface area (TPSA) is 106 Å². The third-order valence-electron chi connectivity index (χ3n) is 4.82. The minimum absolute atomic E-state index is 0.0470. The van der Waals surface area contributed by atoms with E-state index in [1.807, 2.05) is 20.8 Å². The number of hydrogen-bond acceptors (Lipinski definition) is 6. The third kappa shape index (κ3) is 6.30. The molecule has 2 rings (SSSR count). The predicted octanol–water partition coefficient (Wildman–Crippen LogP) is 1.74. The van der Waals surface area contributed by atoms with Gasteiger partial charge in [-0.1, -0.05) is 40.0 Å². The van der Waals surface area contributed by atoms with Gasteiger partial charge in [0.05, 0.1) is 12.6 Å². The molecule has 8 heteroatoms. The molecule has 1 unspecified atom stereocenters. The number of hydrogen-bond donors (Lipinski definition) is 2. The summed E-state index contributed by atoms with van der Waals surface area (Å²) in [6.07, 6.45) is 5.40. The smallest absolute Gasteiger partial charge is 0.384 e. The van der Waals surface area contributed by atoms with Crippen molar-refractivity contribution in [2.75, 3.05) is 13.6 Å². The summed E-state index contributed by atoms with van der Waals surface area (Å²) < 4.78 is 6.19. The Hall–Kier alpha value is -1.96. The van der Waals surface area contributed by atoms with E-state index in [0.29, 0.717) is 19.5 Å². The van der Waals surface area contributed by atoms with Gasteiger partial charge in [0.25, 0.3) is 5.89 Å². The van der Waals surface area contributed by atoms with Gasteiger partial charge in [-0.05, 0) is 31.7 Å². The maximum absolute atomic E-state index is 12.9. The van der Waals surface area contributed by atoms with Gasteiger partial charge in [-0.2, -0.15) is 4.68 Å². The van der Waals surface area contributed by atoms with Gasteiger partial charge in [-0.15, -0.1) is 5.10 Å². The Morgan fingerprint density at radius 1 is 1.26 bits per heavy atom. The molecular weight excluding hydrogens is 348 g/mol. The molecule has 1 fully saturated rings. The summed E-state index contributed by atoms with van der Waals surface area (Å²) >= 11 is 0. The van der Waals surface area contributed by atoms with Crippen molar-refractivity contribution in [3.8, 4) is 0 Å². The van der Waals surface area contributed by atoms with E-state index in [-0.39, 0.29) is 23.1 Å². The Bertz CT molecular complexity index is 695. The van der Waals surface area contributed by atoms with Gasteiger partial charge in [0.1, 0.15) is 0 Å². The van der Waals surface area contributed by atoms with Crippen molar-refractivity contribution in [1.82, 2.24) is 20.4 Å². The molecule has 27 heavy (non-hydrogen) atoms. The second-order valence-corrected chi connectivity index (χ2v) is 8.52. The summed E-state index contributed by atoms with van der Waals surface area (Å²) in [6, 6.07) is -0.754. The lowest BCUT2D eigenvalue weighted by Gasteiger charge is -2.27. The number of nitrogens with zero attached hydrogens (tertiary/aromatic N) is 2. The predicted molar refractivity (Wildman–Crippen MR) is 102 cm³/mol. The number of carbonyl (C=O) groups is 2. The van der Waals surface area contributed by atoms with Crippen LogP contribution < -0.4 is 16.4 Å². The van der Waals surface area contributed by atoms with Crippen LogP contribution >= 0.6 is 0 Å². The van der Waals surface area contributed by atoms with Crippen LogP contribution in [0.4, 0.5) is 0 Å². The molecule has 8 nitrogen and oxygen atoms in total. The summed E-state index contributed by atoms with van der Waals surface area (Å²) in [4.78, 5) is 37.5. The number of aromatic nitrogens is 2. The lowest BCUT2D eigenvalue weighted by Crippen LogP contribution is -2.46. The standard InChI is InChI=1S/C19H32N4O4/c1-19(2,3)12-14(21-16(25)13-8-6-5-7-9-13)15(24)17-22-23(11-10-20-4)18(26)27-17/h13-14,20H,5-12H2,1-4H3,(H,21,25). The molecule has 0 aliphatic heterocycles. The lowest BCUT2D eigenvalue weighted by molar-refractivity contribution is -0.126. The van der Waals surface area contributed by atoms with Crippen LogP contribution in [0, 0.1) is 11.3 Å². The summed E-state index contributed by atoms with van der Waals surface area (Å²) in [7, 11) is 1.76. The zero-order valence-electron chi connectivity index (χ0n) is 16.8. The van der Waals surface area contributed by atoms with Crippen molar-refractivity contribution >= 4 is 11.7 Å². The molecule has 1 atom stereocenters. The van der Waals surface area contributed by atoms with Crippen LogP contribution in [0.2, 0.25) is 0 Å². The second-order valence-electron chi connectivity index (χ2n) is 8.52. The number of rotatable bonds is 8. The van der Waals surface area contributed by atoms with E-state index in [9.17, 15) is 14.4 Å². The minimum Gasteiger partial charge on any atom is -0.384 e. The molecule has 1 saturated carbocycles. The van der Waals surface area contributed by atoms with Crippen molar-refractivity contribution in [3.05, 3.63) is 16.4 Å². The molecule has 152 valence electrons. The molecule has 0 aromatic carbocycles. The van der Waals surface area contributed by atoms with E-state index >= 15 is 0 Å². The summed E-state index contributed by atoms with van der Waals surface area (Å²) in [5, 5.41) is 9.83. The average molecular weight is 380 g/mol. The molecule has 2 N–H and O–H groups in total. The van der Waals surface area contributed by atoms with Gasteiger partial charge in [0.15, 0.2) is 0 Å². The zero-order chi connectivity index (χ0) is 20.0. The molecule has 1 aromatic heterocycles. The van der Waals surface area contributed by atoms with Crippen LogP contribution in [-0.4, -0.2) is 41.1 Å². The molecule has 0 bridgehead atoms. The highest BCUT2D eigenvalue weighted by atomic mass is 16.4. The van der Waals surface area contributed by atoms with Crippen LogP contribution in [0.5, 0.6) is 0 Å². The van der Waals surface area contributed by atoms with E-state index < -0.39 is 17.6 Å². The molecular formula is C19H32N4O4. The second kappa shape index (κ2) is 9.30. The van der Waals surface area contributed by atoms with Gasteiger partial charge < -0.3 is 15.1 Å². The highest BCUT2D eigenvalue weighted by Crippen LogP contribution is 2.26. The maximum Gasteiger partial charge on any atom is 0.437 e. The van der Waals surface area contributed by atoms with Gasteiger partial charge in [0.2, 0.25) is 11.7 Å². The molecule has 1 aromatic rings. The lowest BCUT2D eigenvalue weighted by atomic mass is 9.85. The molecule has 0 spiro atoms. The number of carbonyl (C=O) groups excluding carboxylic acids is 2. The first-order chi connectivity index (χ1) is 12.7. The number of Topliss-reactive ketones (excluding diaryl/α,β-unsaturated/α-hetero) is 1. The first kappa shape index (κ1) is 21.3. The number of likely N-dealkylation sites (N-methyl/N-ethyl adjacent to an activating group) is 1. The number of nitrogens with one attached hydrogen (secondary N) is 2. The average Bonchev–Trinajstić information content (AvgIpc) is 2.99. The fourth-order valence-corrected chi connectivity index (χ4v) is 3.39. The molecule has 1 aliphatic carbocycles. The van der Waals surface area contributed by atoms with Gasteiger partial charge in [-0.25, -0.2) is 4.79 Å². The Labute approximate surface area is 160 Å². The summed E-state index contributed by atoms with van der Waals surface area (Å²) in [5.74, 6) is -1.49. The fraction of sp³-hybridized carbons (Fsp3) is 0.789. The van der Waals surface area contributed by atoms with Crippen LogP contribution in [0.1, 0.15) is 70.0 Å². The number of ketones is 1. The third-order valence-corrected chi connectivity index (χ3v) is 4.82. The Balaban J connectivity index is 2.16. The Morgan fingerprint density at radius 2 is 1.93 bits per heavy atom. The zero-order valence-corrected chi connectivity index (χ0v) is 16.8. The quantitative estimate of drug-likeness (QED) is 0.666. The highest BCUT2D eigenvalue weighted by molar-refractivity contribution is 5.98. The first-order valence-corrected chi connectivity index (χ1v) is 9.78. The number of amides is 1. The SMILES string of the molecule is CNCCn1nc(C(=O)C(CC(C)(C)C)NC(=O)C2CCCCC2)oc1=O.